The number of halogens is 3. The molecule has 2 aromatic heterocycles. The van der Waals surface area contributed by atoms with E-state index in [1.165, 1.54) is 11.0 Å². The van der Waals surface area contributed by atoms with E-state index in [9.17, 15) is 22.8 Å². The summed E-state index contributed by atoms with van der Waals surface area (Å²) >= 11 is 0. The first kappa shape index (κ1) is 19.9. The molecule has 30 heavy (non-hydrogen) atoms. The van der Waals surface area contributed by atoms with E-state index in [4.69, 9.17) is 0 Å². The lowest BCUT2D eigenvalue weighted by atomic mass is 10.1. The highest BCUT2D eigenvalue weighted by Crippen LogP contribution is 2.39. The summed E-state index contributed by atoms with van der Waals surface area (Å²) in [6.07, 6.45) is -2.19. The van der Waals surface area contributed by atoms with Crippen LogP contribution in [0.1, 0.15) is 22.5 Å². The van der Waals surface area contributed by atoms with Crippen molar-refractivity contribution in [2.24, 2.45) is 0 Å². The topological polar surface area (TPSA) is 90.5 Å². The molecule has 1 saturated heterocycles. The number of anilines is 3. The van der Waals surface area contributed by atoms with Crippen LogP contribution < -0.4 is 20.4 Å². The molecule has 0 spiro atoms. The van der Waals surface area contributed by atoms with Crippen LogP contribution in [-0.2, 0) is 0 Å². The Morgan fingerprint density at radius 3 is 2.73 bits per heavy atom. The standard InChI is InChI=1S/C19H19F3N6O2/c1-11-2-5-15(23-8-11)26-18(30)28-12-6-7-27(9-12)14-4-3-13(25-16(14)28)17(29)24-10-19(20,21)22/h2-5,8,12H,6-7,9-10H2,1H3,(H,24,29)(H,23,26,30). The molecule has 2 aromatic rings. The maximum Gasteiger partial charge on any atom is 0.405 e. The van der Waals surface area contributed by atoms with Crippen molar-refractivity contribution in [1.29, 1.82) is 0 Å². The Kier molecular flexibility index (Phi) is 4.96. The van der Waals surface area contributed by atoms with E-state index in [0.717, 1.165) is 5.56 Å². The molecule has 2 aliphatic heterocycles. The summed E-state index contributed by atoms with van der Waals surface area (Å²) in [7, 11) is 0. The van der Waals surface area contributed by atoms with Crippen LogP contribution in [0.5, 0.6) is 0 Å². The highest BCUT2D eigenvalue weighted by Gasteiger charge is 2.40. The Labute approximate surface area is 170 Å². The van der Waals surface area contributed by atoms with Crippen LogP contribution in [0.4, 0.5) is 35.3 Å². The lowest BCUT2D eigenvalue weighted by Crippen LogP contribution is -2.48. The van der Waals surface area contributed by atoms with Crippen LogP contribution >= 0.6 is 0 Å². The van der Waals surface area contributed by atoms with Gasteiger partial charge >= 0.3 is 12.2 Å². The van der Waals surface area contributed by atoms with Crippen molar-refractivity contribution in [3.63, 3.8) is 0 Å². The number of carbonyl (C=O) groups excluding carboxylic acids is 2. The van der Waals surface area contributed by atoms with E-state index in [1.54, 1.807) is 23.6 Å². The van der Waals surface area contributed by atoms with E-state index in [0.29, 0.717) is 31.0 Å². The lowest BCUT2D eigenvalue weighted by molar-refractivity contribution is -0.123. The fraction of sp³-hybridized carbons (Fsp3) is 0.368. The summed E-state index contributed by atoms with van der Waals surface area (Å²) in [6.45, 7) is 1.75. The van der Waals surface area contributed by atoms with Gasteiger partial charge in [0.25, 0.3) is 5.91 Å². The van der Waals surface area contributed by atoms with Crippen molar-refractivity contribution < 1.29 is 22.8 Å². The van der Waals surface area contributed by atoms with Gasteiger partial charge in [0.15, 0.2) is 5.82 Å². The van der Waals surface area contributed by atoms with Crippen molar-refractivity contribution >= 4 is 29.3 Å². The van der Waals surface area contributed by atoms with Crippen molar-refractivity contribution in [1.82, 2.24) is 15.3 Å². The quantitative estimate of drug-likeness (QED) is 0.797. The number of pyridine rings is 2. The summed E-state index contributed by atoms with van der Waals surface area (Å²) in [5.41, 5.74) is 1.41. The van der Waals surface area contributed by atoms with Gasteiger partial charge in [-0.05, 0) is 37.1 Å². The van der Waals surface area contributed by atoms with Crippen LogP contribution in [0.25, 0.3) is 0 Å². The molecule has 4 rings (SSSR count). The predicted molar refractivity (Wildman–Crippen MR) is 104 cm³/mol. The Morgan fingerprint density at radius 1 is 1.23 bits per heavy atom. The fourth-order valence-corrected chi connectivity index (χ4v) is 3.58. The van der Waals surface area contributed by atoms with Gasteiger partial charge in [-0.15, -0.1) is 0 Å². The van der Waals surface area contributed by atoms with Gasteiger partial charge < -0.3 is 10.2 Å². The van der Waals surface area contributed by atoms with E-state index in [1.807, 2.05) is 17.9 Å². The Balaban J connectivity index is 1.61. The molecule has 0 saturated carbocycles. The molecule has 1 unspecified atom stereocenters. The third-order valence-electron chi connectivity index (χ3n) is 5.00. The first-order valence-corrected chi connectivity index (χ1v) is 9.35. The first-order valence-electron chi connectivity index (χ1n) is 9.35. The highest BCUT2D eigenvalue weighted by molar-refractivity contribution is 6.05. The van der Waals surface area contributed by atoms with E-state index < -0.39 is 24.7 Å². The predicted octanol–water partition coefficient (Wildman–Crippen LogP) is 2.71. The van der Waals surface area contributed by atoms with Crippen LogP contribution in [0, 0.1) is 6.92 Å². The number of alkyl halides is 3. The number of hydrogen-bond donors (Lipinski definition) is 2. The molecule has 0 aromatic carbocycles. The average molecular weight is 420 g/mol. The maximum atomic E-state index is 13.0. The number of amides is 3. The van der Waals surface area contributed by atoms with Gasteiger partial charge in [0.2, 0.25) is 0 Å². The second kappa shape index (κ2) is 7.47. The molecule has 1 fully saturated rings. The molecule has 1 atom stereocenters. The fourth-order valence-electron chi connectivity index (χ4n) is 3.58. The number of rotatable bonds is 3. The number of nitrogens with one attached hydrogen (secondary N) is 2. The highest BCUT2D eigenvalue weighted by atomic mass is 19.4. The van der Waals surface area contributed by atoms with Gasteiger partial charge in [-0.1, -0.05) is 6.07 Å². The average Bonchev–Trinajstić information content (AvgIpc) is 3.11. The molecule has 158 valence electrons. The van der Waals surface area contributed by atoms with Crippen LogP contribution in [0.2, 0.25) is 0 Å². The SMILES string of the molecule is Cc1ccc(NC(=O)N2c3nc(C(=O)NCC(F)(F)F)ccc3N3CCC2C3)nc1. The molecule has 2 N–H and O–H groups in total. The summed E-state index contributed by atoms with van der Waals surface area (Å²) in [6, 6.07) is 5.83. The largest absolute Gasteiger partial charge is 0.405 e. The first-order chi connectivity index (χ1) is 14.2. The van der Waals surface area contributed by atoms with E-state index >= 15 is 0 Å². The second-order valence-electron chi connectivity index (χ2n) is 7.25. The van der Waals surface area contributed by atoms with Gasteiger partial charge in [-0.25, -0.2) is 14.8 Å². The molecule has 3 amide bonds. The number of hydrogen-bond acceptors (Lipinski definition) is 5. The number of aromatic nitrogens is 2. The minimum Gasteiger partial charge on any atom is -0.366 e. The molecule has 2 aliphatic rings. The Bertz CT molecular complexity index is 979. The van der Waals surface area contributed by atoms with Crippen LogP contribution in [0.15, 0.2) is 30.5 Å². The van der Waals surface area contributed by atoms with Gasteiger partial charge in [0, 0.05) is 19.3 Å². The number of urea groups is 1. The van der Waals surface area contributed by atoms with Crippen molar-refractivity contribution in [3.8, 4) is 0 Å². The summed E-state index contributed by atoms with van der Waals surface area (Å²) < 4.78 is 37.2. The van der Waals surface area contributed by atoms with Gasteiger partial charge in [0.1, 0.15) is 18.1 Å². The minimum atomic E-state index is -4.53. The summed E-state index contributed by atoms with van der Waals surface area (Å²) in [5, 5.41) is 4.53. The summed E-state index contributed by atoms with van der Waals surface area (Å²) in [5.74, 6) is -0.344. The smallest absolute Gasteiger partial charge is 0.366 e. The third-order valence-corrected chi connectivity index (χ3v) is 5.00. The molecule has 2 bridgehead atoms. The zero-order valence-corrected chi connectivity index (χ0v) is 16.0. The molecule has 8 nitrogen and oxygen atoms in total. The molecule has 11 heteroatoms. The van der Waals surface area contributed by atoms with Gasteiger partial charge in [0.05, 0.1) is 11.7 Å². The van der Waals surface area contributed by atoms with Crippen molar-refractivity contribution in [3.05, 3.63) is 41.7 Å². The molecule has 0 aliphatic carbocycles. The van der Waals surface area contributed by atoms with Gasteiger partial charge in [-0.2, -0.15) is 13.2 Å². The third kappa shape index (κ3) is 4.00. The molecular formula is C19H19F3N6O2. The van der Waals surface area contributed by atoms with E-state index in [2.05, 4.69) is 15.3 Å². The second-order valence-corrected chi connectivity index (χ2v) is 7.25. The molecular weight excluding hydrogens is 401 g/mol. The van der Waals surface area contributed by atoms with Crippen LogP contribution in [0.3, 0.4) is 0 Å². The lowest BCUT2D eigenvalue weighted by Gasteiger charge is -2.35. The number of aryl methyl sites for hydroxylation is 1. The van der Waals surface area contributed by atoms with Crippen LogP contribution in [-0.4, -0.2) is 53.8 Å². The maximum absolute atomic E-state index is 13.0. The monoisotopic (exact) mass is 420 g/mol. The Morgan fingerprint density at radius 2 is 2.03 bits per heavy atom. The zero-order chi connectivity index (χ0) is 21.5. The number of fused-ring (bicyclic) bond motifs is 4. The zero-order valence-electron chi connectivity index (χ0n) is 16.0. The van der Waals surface area contributed by atoms with E-state index in [-0.39, 0.29) is 17.6 Å². The van der Waals surface area contributed by atoms with Crippen molar-refractivity contribution in [2.45, 2.75) is 25.6 Å². The van der Waals surface area contributed by atoms with Crippen molar-refractivity contribution in [2.75, 3.05) is 34.8 Å². The molecule has 0 radical (unpaired) electrons. The minimum absolute atomic E-state index is 0.163. The number of nitrogens with zero attached hydrogens (tertiary/aromatic N) is 4. The number of carbonyl (C=O) groups is 2. The normalized spacial score (nSPS) is 17.5. The Hall–Kier alpha value is -3.37. The van der Waals surface area contributed by atoms with Gasteiger partial charge in [-0.3, -0.25) is 15.0 Å². The summed E-state index contributed by atoms with van der Waals surface area (Å²) in [4.78, 5) is 37.0. The molecule has 4 heterocycles.